The SMILES string of the molecule is C1=Cc2cc3ccc(cc4ccc(cc5nc(cc1n2)C=C5)[nH]4)[nH]3.O=C1c2ccccc2C(=O)c2ccccc21. The molecule has 8 bridgehead atoms. The molecule has 1 aliphatic carbocycles. The molecular weight excluding hydrogens is 496 g/mol. The first-order valence-corrected chi connectivity index (χ1v) is 12.9. The maximum absolute atomic E-state index is 12.1. The number of H-pyrrole nitrogens is 2. The number of benzene rings is 2. The predicted octanol–water partition coefficient (Wildman–Crippen LogP) is 7.12. The monoisotopic (exact) mass is 518 g/mol. The first kappa shape index (κ1) is 23.5. The van der Waals surface area contributed by atoms with E-state index in [4.69, 9.17) is 0 Å². The van der Waals surface area contributed by atoms with Crippen LogP contribution in [-0.4, -0.2) is 31.5 Å². The fourth-order valence-electron chi connectivity index (χ4n) is 4.99. The van der Waals surface area contributed by atoms with Crippen molar-refractivity contribution in [3.63, 3.8) is 0 Å². The third-order valence-electron chi connectivity index (χ3n) is 6.87. The summed E-state index contributed by atoms with van der Waals surface area (Å²) in [6.07, 6.45) is 8.05. The van der Waals surface area contributed by atoms with Crippen LogP contribution in [0.25, 0.3) is 46.4 Å². The summed E-state index contributed by atoms with van der Waals surface area (Å²) < 4.78 is 0. The zero-order valence-corrected chi connectivity index (χ0v) is 21.3. The Morgan fingerprint density at radius 3 is 1.10 bits per heavy atom. The molecule has 0 unspecified atom stereocenters. The van der Waals surface area contributed by atoms with Gasteiger partial charge in [-0.3, -0.25) is 9.59 Å². The number of aromatic amines is 2. The van der Waals surface area contributed by atoms with E-state index in [2.05, 4.69) is 50.3 Å². The highest BCUT2D eigenvalue weighted by atomic mass is 16.1. The van der Waals surface area contributed by atoms with Gasteiger partial charge in [-0.1, -0.05) is 48.5 Å². The molecule has 0 radical (unpaired) electrons. The first-order valence-electron chi connectivity index (χ1n) is 12.9. The lowest BCUT2D eigenvalue weighted by molar-refractivity contribution is 0.0979. The number of carbonyl (C=O) groups is 2. The molecule has 3 aliphatic rings. The molecule has 5 heterocycles. The Morgan fingerprint density at radius 2 is 0.725 bits per heavy atom. The number of ketones is 2. The Labute approximate surface area is 229 Å². The lowest BCUT2D eigenvalue weighted by Crippen LogP contribution is -2.20. The molecule has 0 fully saturated rings. The summed E-state index contributed by atoms with van der Waals surface area (Å²) >= 11 is 0. The van der Waals surface area contributed by atoms with Gasteiger partial charge in [0.15, 0.2) is 11.6 Å². The average molecular weight is 519 g/mol. The first-order chi connectivity index (χ1) is 19.6. The van der Waals surface area contributed by atoms with Crippen molar-refractivity contribution < 1.29 is 9.59 Å². The molecule has 6 heteroatoms. The van der Waals surface area contributed by atoms with E-state index in [1.54, 1.807) is 48.5 Å². The van der Waals surface area contributed by atoms with Crippen LogP contribution in [0, 0.1) is 0 Å². The van der Waals surface area contributed by atoms with E-state index in [0.717, 1.165) is 44.8 Å². The maximum atomic E-state index is 12.1. The fraction of sp³-hybridized carbons (Fsp3) is 0. The third-order valence-corrected chi connectivity index (χ3v) is 6.87. The highest BCUT2D eigenvalue weighted by molar-refractivity contribution is 6.28. The van der Waals surface area contributed by atoms with Gasteiger partial charge in [0.2, 0.25) is 0 Å². The zero-order valence-electron chi connectivity index (χ0n) is 21.3. The molecule has 8 rings (SSSR count). The van der Waals surface area contributed by atoms with Gasteiger partial charge in [0.05, 0.1) is 22.8 Å². The van der Waals surface area contributed by atoms with Crippen molar-refractivity contribution >= 4 is 57.9 Å². The Balaban J connectivity index is 0.000000144. The second kappa shape index (κ2) is 9.60. The fourth-order valence-corrected chi connectivity index (χ4v) is 4.99. The van der Waals surface area contributed by atoms with Gasteiger partial charge in [-0.25, -0.2) is 9.97 Å². The summed E-state index contributed by atoms with van der Waals surface area (Å²) in [7, 11) is 0. The Hall–Kier alpha value is -5.62. The van der Waals surface area contributed by atoms with Crippen molar-refractivity contribution in [3.8, 4) is 0 Å². The molecule has 3 aromatic heterocycles. The second-order valence-corrected chi connectivity index (χ2v) is 9.65. The second-order valence-electron chi connectivity index (χ2n) is 9.65. The minimum Gasteiger partial charge on any atom is -0.355 e. The molecule has 40 heavy (non-hydrogen) atoms. The van der Waals surface area contributed by atoms with Gasteiger partial charge in [-0.15, -0.1) is 0 Å². The van der Waals surface area contributed by atoms with Crippen LogP contribution in [0.2, 0.25) is 0 Å². The summed E-state index contributed by atoms with van der Waals surface area (Å²) in [4.78, 5) is 40.2. The maximum Gasteiger partial charge on any atom is 0.194 e. The van der Waals surface area contributed by atoms with Crippen LogP contribution in [0.1, 0.15) is 54.6 Å². The largest absolute Gasteiger partial charge is 0.355 e. The van der Waals surface area contributed by atoms with Crippen molar-refractivity contribution in [1.82, 2.24) is 19.9 Å². The van der Waals surface area contributed by atoms with Gasteiger partial charge in [-0.05, 0) is 72.8 Å². The Kier molecular flexibility index (Phi) is 5.64. The number of aromatic nitrogens is 4. The van der Waals surface area contributed by atoms with Crippen molar-refractivity contribution in [1.29, 1.82) is 0 Å². The number of fused-ring (bicyclic) bond motifs is 10. The molecular formula is C34H22N4O2. The summed E-state index contributed by atoms with van der Waals surface area (Å²) in [5, 5.41) is 0. The lowest BCUT2D eigenvalue weighted by Gasteiger charge is -2.16. The van der Waals surface area contributed by atoms with E-state index in [-0.39, 0.29) is 11.6 Å². The van der Waals surface area contributed by atoms with E-state index >= 15 is 0 Å². The molecule has 2 N–H and O–H groups in total. The summed E-state index contributed by atoms with van der Waals surface area (Å²) in [6.45, 7) is 0. The minimum atomic E-state index is -0.0641. The van der Waals surface area contributed by atoms with E-state index in [0.29, 0.717) is 22.3 Å². The van der Waals surface area contributed by atoms with Gasteiger partial charge < -0.3 is 9.97 Å². The molecule has 5 aromatic rings. The van der Waals surface area contributed by atoms with Gasteiger partial charge in [0.1, 0.15) is 0 Å². The molecule has 2 aromatic carbocycles. The number of hydrogen-bond donors (Lipinski definition) is 2. The van der Waals surface area contributed by atoms with Crippen molar-refractivity contribution in [2.24, 2.45) is 0 Å². The number of rotatable bonds is 0. The van der Waals surface area contributed by atoms with Crippen molar-refractivity contribution in [2.45, 2.75) is 0 Å². The van der Waals surface area contributed by atoms with E-state index < -0.39 is 0 Å². The van der Waals surface area contributed by atoms with E-state index in [1.807, 2.05) is 42.5 Å². The van der Waals surface area contributed by atoms with Crippen LogP contribution in [0.15, 0.2) is 97.1 Å². The van der Waals surface area contributed by atoms with Crippen LogP contribution >= 0.6 is 0 Å². The van der Waals surface area contributed by atoms with E-state index in [1.165, 1.54) is 0 Å². The van der Waals surface area contributed by atoms with E-state index in [9.17, 15) is 9.59 Å². The van der Waals surface area contributed by atoms with Crippen molar-refractivity contribution in [3.05, 3.63) is 142 Å². The normalized spacial score (nSPS) is 12.9. The molecule has 0 saturated heterocycles. The molecule has 6 nitrogen and oxygen atoms in total. The minimum absolute atomic E-state index is 0.0641. The number of carbonyl (C=O) groups excluding carboxylic acids is 2. The topological polar surface area (TPSA) is 91.5 Å². The molecule has 190 valence electrons. The van der Waals surface area contributed by atoms with Crippen molar-refractivity contribution in [2.75, 3.05) is 0 Å². The highest BCUT2D eigenvalue weighted by Gasteiger charge is 2.28. The standard InChI is InChI=1S/C20H14N4.C14H8O2/c1-2-14-10-16-5-6-18(23-16)12-20-8-7-19(24-20)11-17-4-3-15(22-17)9-13(1)21-14;15-13-9-5-1-2-6-10(9)14(16)12-8-4-3-7-11(12)13/h1-12,21-22H;1-8H. The van der Waals surface area contributed by atoms with Gasteiger partial charge in [0.25, 0.3) is 0 Å². The molecule has 2 aliphatic heterocycles. The summed E-state index contributed by atoms with van der Waals surface area (Å²) in [5.74, 6) is -0.128. The number of hydrogen-bond acceptors (Lipinski definition) is 4. The zero-order chi connectivity index (χ0) is 27.1. The van der Waals surface area contributed by atoms with Crippen LogP contribution in [0.3, 0.4) is 0 Å². The predicted molar refractivity (Wildman–Crippen MR) is 159 cm³/mol. The van der Waals surface area contributed by atoms with Crippen LogP contribution < -0.4 is 0 Å². The summed E-state index contributed by atoms with van der Waals surface area (Å²) in [5.41, 5.74) is 9.88. The molecule has 0 atom stereocenters. The Morgan fingerprint density at radius 1 is 0.400 bits per heavy atom. The van der Waals surface area contributed by atoms with Gasteiger partial charge in [-0.2, -0.15) is 0 Å². The van der Waals surface area contributed by atoms with Crippen LogP contribution in [0.5, 0.6) is 0 Å². The van der Waals surface area contributed by atoms with Gasteiger partial charge in [0, 0.05) is 44.3 Å². The van der Waals surface area contributed by atoms with Crippen LogP contribution in [-0.2, 0) is 0 Å². The number of nitrogens with one attached hydrogen (secondary N) is 2. The Bertz CT molecular complexity index is 1870. The quantitative estimate of drug-likeness (QED) is 0.224. The third kappa shape index (κ3) is 4.48. The smallest absolute Gasteiger partial charge is 0.194 e. The van der Waals surface area contributed by atoms with Gasteiger partial charge >= 0.3 is 0 Å². The molecule has 0 saturated carbocycles. The average Bonchev–Trinajstić information content (AvgIpc) is 3.79. The highest BCUT2D eigenvalue weighted by Crippen LogP contribution is 2.26. The molecule has 0 spiro atoms. The molecule has 0 amide bonds. The van der Waals surface area contributed by atoms with Crippen LogP contribution in [0.4, 0.5) is 0 Å². The summed E-state index contributed by atoms with van der Waals surface area (Å²) in [6, 6.07) is 30.3. The number of nitrogens with zero attached hydrogens (tertiary/aromatic N) is 2. The lowest BCUT2D eigenvalue weighted by atomic mass is 9.84.